The summed E-state index contributed by atoms with van der Waals surface area (Å²) in [5.41, 5.74) is 5.72. The number of rotatable bonds is 20. The van der Waals surface area contributed by atoms with Crippen molar-refractivity contribution in [2.75, 3.05) is 29.0 Å². The van der Waals surface area contributed by atoms with Crippen molar-refractivity contribution >= 4 is 64.4 Å². The maximum Gasteiger partial charge on any atom is 0.411 e. The van der Waals surface area contributed by atoms with Crippen LogP contribution in [0, 0.1) is 11.8 Å². The lowest BCUT2D eigenvalue weighted by Crippen LogP contribution is -2.61. The summed E-state index contributed by atoms with van der Waals surface area (Å²) in [6, 6.07) is 23.3. The van der Waals surface area contributed by atoms with Crippen LogP contribution >= 0.6 is 0 Å². The molecule has 0 radical (unpaired) electrons. The zero-order valence-electron chi connectivity index (χ0n) is 41.5. The van der Waals surface area contributed by atoms with Gasteiger partial charge in [0, 0.05) is 98.1 Å². The molecule has 23 heteroatoms. The third-order valence-electron chi connectivity index (χ3n) is 12.3. The summed E-state index contributed by atoms with van der Waals surface area (Å²) in [6.07, 6.45) is 2.13. The quantitative estimate of drug-likeness (QED) is 0.0296. The number of fused-ring (bicyclic) bond motifs is 1. The predicted octanol–water partition coefficient (Wildman–Crippen LogP) is 4.07. The number of benzene rings is 3. The van der Waals surface area contributed by atoms with Gasteiger partial charge < -0.3 is 60.3 Å². The number of urea groups is 1. The minimum atomic E-state index is -1.98. The van der Waals surface area contributed by atoms with Gasteiger partial charge in [0.2, 0.25) is 18.1 Å². The van der Waals surface area contributed by atoms with Crippen molar-refractivity contribution < 1.29 is 68.2 Å². The van der Waals surface area contributed by atoms with E-state index >= 15 is 0 Å². The fourth-order valence-corrected chi connectivity index (χ4v) is 8.15. The fourth-order valence-electron chi connectivity index (χ4n) is 8.15. The first-order valence-corrected chi connectivity index (χ1v) is 24.6. The number of aliphatic hydroxyl groups excluding tert-OH is 3. The number of carbonyl (C=O) groups is 7. The third-order valence-corrected chi connectivity index (χ3v) is 12.3. The molecule has 6 aromatic rings. The zero-order chi connectivity index (χ0) is 55.1. The lowest BCUT2D eigenvalue weighted by molar-refractivity contribution is -0.271. The molecular formula is C55H53N9O14. The van der Waals surface area contributed by atoms with E-state index < -0.39 is 54.7 Å². The van der Waals surface area contributed by atoms with Crippen LogP contribution in [-0.4, -0.2) is 125 Å². The Kier molecular flexibility index (Phi) is 18.2. The van der Waals surface area contributed by atoms with Crippen molar-refractivity contribution in [3.8, 4) is 28.7 Å². The maximum atomic E-state index is 13.2. The molecule has 23 nitrogen and oxygen atoms in total. The Bertz CT molecular complexity index is 3270. The van der Waals surface area contributed by atoms with E-state index in [2.05, 4.69) is 48.4 Å². The van der Waals surface area contributed by atoms with Crippen LogP contribution in [0.3, 0.4) is 0 Å². The highest BCUT2D eigenvalue weighted by Gasteiger charge is 2.48. The lowest BCUT2D eigenvalue weighted by Gasteiger charge is -2.38. The van der Waals surface area contributed by atoms with Gasteiger partial charge in [-0.05, 0) is 108 Å². The summed E-state index contributed by atoms with van der Waals surface area (Å²) >= 11 is 0. The number of aliphatic carboxylic acids is 1. The molecule has 0 spiro atoms. The fraction of sp³-hybridized carbons (Fsp3) is 0.255. The van der Waals surface area contributed by atoms with Crippen LogP contribution in [0.4, 0.5) is 26.7 Å². The topological polar surface area (TPSA) is 322 Å². The van der Waals surface area contributed by atoms with Gasteiger partial charge in [0.1, 0.15) is 36.3 Å². The molecule has 0 aliphatic carbocycles. The standard InChI is InChI=1S/C55H53N9O14/c65-44(4-2-1-3-25-64-46(67)15-16-47(64)68)58-23-19-45(66)62-41-28-35(8-14-42(41)77-53-50(71)48(69)49(70)51(78-53)52(72)73)32-76-55(75)61-38-10-6-33(7-11-38)5-9-37-30-39(12-13-40(37)36-17-21-56-22-18-36)60-54(74)59-31-34-20-26-63-27-24-57-43(63)29-34/h6-8,10-18,20-22,24,26-30,48-51,53,69-71H,1-4,19,23,25,31-32H2,(H,58,65)(H,61,75)(H,62,66)(H,72,73)(H2,59,60,74)/t48-,49-,50+,51-,53+/m0/s1. The number of carboxylic acids is 1. The molecule has 5 atom stereocenters. The van der Waals surface area contributed by atoms with Gasteiger partial charge in [0.15, 0.2) is 6.10 Å². The molecule has 0 saturated carbocycles. The zero-order valence-corrected chi connectivity index (χ0v) is 41.5. The van der Waals surface area contributed by atoms with Crippen LogP contribution in [0.2, 0.25) is 0 Å². The molecule has 3 aromatic carbocycles. The number of imidazole rings is 1. The van der Waals surface area contributed by atoms with Crippen LogP contribution in [0.25, 0.3) is 16.8 Å². The summed E-state index contributed by atoms with van der Waals surface area (Å²) in [5.74, 6) is 2.86. The van der Waals surface area contributed by atoms with Crippen molar-refractivity contribution in [3.63, 3.8) is 0 Å². The number of aliphatic hydroxyl groups is 3. The van der Waals surface area contributed by atoms with E-state index in [0.29, 0.717) is 47.3 Å². The van der Waals surface area contributed by atoms with E-state index in [-0.39, 0.29) is 68.2 Å². The molecule has 402 valence electrons. The van der Waals surface area contributed by atoms with Crippen molar-refractivity contribution in [3.05, 3.63) is 150 Å². The van der Waals surface area contributed by atoms with E-state index in [1.165, 1.54) is 30.4 Å². The number of amides is 7. The normalized spacial score (nSPS) is 17.6. The van der Waals surface area contributed by atoms with E-state index in [1.54, 1.807) is 55.0 Å². The number of hydrogen-bond donors (Lipinski definition) is 9. The van der Waals surface area contributed by atoms with Gasteiger partial charge in [-0.2, -0.15) is 0 Å². The first-order chi connectivity index (χ1) is 37.7. The van der Waals surface area contributed by atoms with Crippen LogP contribution in [0.15, 0.2) is 128 Å². The van der Waals surface area contributed by atoms with Crippen molar-refractivity contribution in [2.45, 2.75) is 76.0 Å². The Labute approximate surface area is 445 Å². The molecular weight excluding hydrogens is 1010 g/mol. The summed E-state index contributed by atoms with van der Waals surface area (Å²) in [5, 5.41) is 54.3. The Balaban J connectivity index is 0.864. The molecule has 2 aliphatic heterocycles. The molecule has 3 aromatic heterocycles. The van der Waals surface area contributed by atoms with Crippen LogP contribution in [0.5, 0.6) is 5.75 Å². The molecule has 2 aliphatic rings. The molecule has 78 heavy (non-hydrogen) atoms. The number of unbranched alkanes of at least 4 members (excludes halogenated alkanes) is 2. The monoisotopic (exact) mass is 1060 g/mol. The smallest absolute Gasteiger partial charge is 0.411 e. The van der Waals surface area contributed by atoms with Gasteiger partial charge >= 0.3 is 18.1 Å². The van der Waals surface area contributed by atoms with Gasteiger partial charge in [0.25, 0.3) is 11.8 Å². The maximum absolute atomic E-state index is 13.2. The number of carbonyl (C=O) groups excluding carboxylic acids is 6. The second-order valence-electron chi connectivity index (χ2n) is 17.9. The largest absolute Gasteiger partial charge is 0.479 e. The first-order valence-electron chi connectivity index (χ1n) is 24.6. The molecule has 9 N–H and O–H groups in total. The van der Waals surface area contributed by atoms with Crippen molar-refractivity contribution in [2.24, 2.45) is 0 Å². The predicted molar refractivity (Wildman–Crippen MR) is 279 cm³/mol. The van der Waals surface area contributed by atoms with E-state index in [4.69, 9.17) is 14.2 Å². The van der Waals surface area contributed by atoms with Crippen LogP contribution < -0.4 is 31.3 Å². The minimum Gasteiger partial charge on any atom is -0.479 e. The molecule has 8 rings (SSSR count). The van der Waals surface area contributed by atoms with Gasteiger partial charge in [-0.1, -0.05) is 30.4 Å². The molecule has 7 amide bonds. The summed E-state index contributed by atoms with van der Waals surface area (Å²) in [6.45, 7) is 0.125. The van der Waals surface area contributed by atoms with Crippen molar-refractivity contribution in [1.82, 2.24) is 29.9 Å². The number of carboxylic acid groups (broad SMARTS) is 1. The number of anilines is 3. The highest BCUT2D eigenvalue weighted by molar-refractivity contribution is 6.12. The minimum absolute atomic E-state index is 0.0461. The van der Waals surface area contributed by atoms with Gasteiger partial charge in [-0.15, -0.1) is 0 Å². The molecule has 1 fully saturated rings. The van der Waals surface area contributed by atoms with E-state index in [9.17, 15) is 54.0 Å². The SMILES string of the molecule is O=C(CCCCCN1C(=O)C=CC1=O)NCCC(=O)Nc1cc(COC(=O)Nc2ccc(C#Cc3cc(NC(=O)NCc4ccn5ccnc5c4)ccc3-c3ccncc3)cc2)ccc1O[C@@H]1O[C@H](C(=O)O)[C@@H](O)[C@H](O)[C@H]1O. The Hall–Kier alpha value is -9.47. The second kappa shape index (κ2) is 25.9. The van der Waals surface area contributed by atoms with Gasteiger partial charge in [-0.25, -0.2) is 19.4 Å². The van der Waals surface area contributed by atoms with Crippen LogP contribution in [-0.2, 0) is 46.6 Å². The molecule has 1 saturated heterocycles. The summed E-state index contributed by atoms with van der Waals surface area (Å²) < 4.78 is 18.4. The number of nitrogens with one attached hydrogen (secondary N) is 5. The number of pyridine rings is 2. The lowest BCUT2D eigenvalue weighted by atomic mass is 9.99. The van der Waals surface area contributed by atoms with Crippen LogP contribution in [0.1, 0.15) is 54.4 Å². The van der Waals surface area contributed by atoms with Crippen molar-refractivity contribution in [1.29, 1.82) is 0 Å². The number of hydrogen-bond acceptors (Lipinski definition) is 15. The van der Waals surface area contributed by atoms with Gasteiger partial charge in [0.05, 0.1) is 5.69 Å². The number of imide groups is 1. The molecule has 0 bridgehead atoms. The van der Waals surface area contributed by atoms with E-state index in [0.717, 1.165) is 27.2 Å². The highest BCUT2D eigenvalue weighted by atomic mass is 16.7. The summed E-state index contributed by atoms with van der Waals surface area (Å²) in [4.78, 5) is 96.4. The third kappa shape index (κ3) is 14.7. The van der Waals surface area contributed by atoms with Gasteiger partial charge in [-0.3, -0.25) is 34.4 Å². The first kappa shape index (κ1) is 54.8. The average molecular weight is 1060 g/mol. The Morgan fingerprint density at radius 2 is 1.47 bits per heavy atom. The number of ether oxygens (including phenoxy) is 3. The highest BCUT2D eigenvalue weighted by Crippen LogP contribution is 2.32. The Morgan fingerprint density at radius 1 is 0.705 bits per heavy atom. The molecule has 5 heterocycles. The number of aromatic nitrogens is 3. The van der Waals surface area contributed by atoms with E-state index in [1.807, 2.05) is 47.1 Å². The number of nitrogens with zero attached hydrogens (tertiary/aromatic N) is 4. The molecule has 0 unspecified atom stereocenters. The summed E-state index contributed by atoms with van der Waals surface area (Å²) in [7, 11) is 0. The second-order valence-corrected chi connectivity index (χ2v) is 17.9. The Morgan fingerprint density at radius 3 is 2.24 bits per heavy atom. The average Bonchev–Trinajstić information content (AvgIpc) is 4.06.